The maximum atomic E-state index is 10.2. The van der Waals surface area contributed by atoms with E-state index in [0.29, 0.717) is 5.56 Å². The van der Waals surface area contributed by atoms with Crippen molar-refractivity contribution in [2.24, 2.45) is 0 Å². The number of rotatable bonds is 5. The van der Waals surface area contributed by atoms with Gasteiger partial charge in [0.25, 0.3) is 0 Å². The molecule has 0 spiro atoms. The van der Waals surface area contributed by atoms with E-state index in [0.717, 1.165) is 49.7 Å². The monoisotopic (exact) mass is 421 g/mol. The minimum Gasteiger partial charge on any atom is -0.497 e. The molecule has 4 rings (SSSR count). The molecule has 0 radical (unpaired) electrons. The van der Waals surface area contributed by atoms with Crippen LogP contribution in [0.1, 0.15) is 11.8 Å². The number of hydrogen-bond donors (Lipinski definition) is 1. The molecule has 0 atom stereocenters. The molecule has 0 aliphatic carbocycles. The Morgan fingerprint density at radius 3 is 1.48 bits per heavy atom. The topological polar surface area (TPSA) is 68.0 Å². The van der Waals surface area contributed by atoms with Crippen LogP contribution in [0.4, 0.5) is 17.1 Å². The molecule has 2 N–H and O–H groups in total. The Balaban J connectivity index is 0.000000280. The molecule has 1 aliphatic rings. The van der Waals surface area contributed by atoms with Crippen LogP contribution < -0.4 is 25.0 Å². The lowest BCUT2D eigenvalue weighted by Gasteiger charge is -2.37. The van der Waals surface area contributed by atoms with Gasteiger partial charge in [0.05, 0.1) is 14.2 Å². The third-order valence-corrected chi connectivity index (χ3v) is 5.23. The number of piperazine rings is 1. The van der Waals surface area contributed by atoms with Gasteiger partial charge in [0.2, 0.25) is 0 Å². The minimum atomic E-state index is 0. The highest BCUT2D eigenvalue weighted by Crippen LogP contribution is 2.23. The number of aldehydes is 1. The maximum Gasteiger partial charge on any atom is 0.150 e. The lowest BCUT2D eigenvalue weighted by Crippen LogP contribution is -2.46. The number of nitrogens with two attached hydrogens (primary N) is 1. The van der Waals surface area contributed by atoms with E-state index in [-0.39, 0.29) is 1.43 Å². The SMILES string of the molecule is COc1ccc(C=O)cc1.COc1ccc(N2CCN(c3ccc(N)cc3)CC2)cc1.[HH]. The van der Waals surface area contributed by atoms with Crippen molar-refractivity contribution in [3.63, 3.8) is 0 Å². The molecule has 6 nitrogen and oxygen atoms in total. The van der Waals surface area contributed by atoms with Crippen LogP contribution in [0.3, 0.4) is 0 Å². The van der Waals surface area contributed by atoms with Crippen molar-refractivity contribution in [1.29, 1.82) is 0 Å². The van der Waals surface area contributed by atoms with Gasteiger partial charge in [-0.2, -0.15) is 0 Å². The van der Waals surface area contributed by atoms with Crippen LogP contribution >= 0.6 is 0 Å². The summed E-state index contributed by atoms with van der Waals surface area (Å²) in [4.78, 5) is 15.0. The zero-order valence-corrected chi connectivity index (χ0v) is 18.0. The summed E-state index contributed by atoms with van der Waals surface area (Å²) >= 11 is 0. The van der Waals surface area contributed by atoms with Gasteiger partial charge < -0.3 is 25.0 Å². The molecule has 0 saturated carbocycles. The van der Waals surface area contributed by atoms with E-state index < -0.39 is 0 Å². The zero-order valence-electron chi connectivity index (χ0n) is 18.0. The summed E-state index contributed by atoms with van der Waals surface area (Å²) in [5, 5.41) is 0. The maximum absolute atomic E-state index is 10.2. The number of anilines is 3. The number of carbonyl (C=O) groups is 1. The lowest BCUT2D eigenvalue weighted by molar-refractivity contribution is 0.112. The van der Waals surface area contributed by atoms with Gasteiger partial charge in [-0.05, 0) is 72.8 Å². The second-order valence-electron chi connectivity index (χ2n) is 7.15. The molecule has 1 fully saturated rings. The average Bonchev–Trinajstić information content (AvgIpc) is 2.85. The van der Waals surface area contributed by atoms with Gasteiger partial charge in [-0.15, -0.1) is 0 Å². The zero-order chi connectivity index (χ0) is 22.1. The Hall–Kier alpha value is -3.67. The Bertz CT molecular complexity index is 940. The van der Waals surface area contributed by atoms with Crippen LogP contribution in [0.15, 0.2) is 72.8 Å². The van der Waals surface area contributed by atoms with Crippen molar-refractivity contribution in [1.82, 2.24) is 0 Å². The molecule has 3 aromatic carbocycles. The number of benzene rings is 3. The number of nitrogen functional groups attached to an aromatic ring is 1. The molecule has 3 aromatic rings. The van der Waals surface area contributed by atoms with E-state index in [2.05, 4.69) is 34.1 Å². The Labute approximate surface area is 185 Å². The van der Waals surface area contributed by atoms with Gasteiger partial charge in [-0.1, -0.05) is 0 Å². The molecule has 1 heterocycles. The Kier molecular flexibility index (Phi) is 7.76. The van der Waals surface area contributed by atoms with Gasteiger partial charge in [0.1, 0.15) is 17.8 Å². The molecule has 31 heavy (non-hydrogen) atoms. The molecule has 6 heteroatoms. The normalized spacial score (nSPS) is 13.1. The first-order valence-electron chi connectivity index (χ1n) is 10.2. The molecule has 164 valence electrons. The van der Waals surface area contributed by atoms with Gasteiger partial charge in [0.15, 0.2) is 0 Å². The van der Waals surface area contributed by atoms with E-state index in [1.807, 2.05) is 24.3 Å². The quantitative estimate of drug-likeness (QED) is 0.488. The van der Waals surface area contributed by atoms with E-state index in [1.165, 1.54) is 11.4 Å². The van der Waals surface area contributed by atoms with Crippen molar-refractivity contribution < 1.29 is 15.7 Å². The molecule has 1 aliphatic heterocycles. The summed E-state index contributed by atoms with van der Waals surface area (Å²) in [5.74, 6) is 1.67. The third-order valence-electron chi connectivity index (χ3n) is 5.23. The molecular formula is C25H31N3O3. The summed E-state index contributed by atoms with van der Waals surface area (Å²) < 4.78 is 10.1. The first kappa shape index (κ1) is 22.0. The Morgan fingerprint density at radius 2 is 1.10 bits per heavy atom. The predicted molar refractivity (Wildman–Crippen MR) is 129 cm³/mol. The van der Waals surface area contributed by atoms with Crippen molar-refractivity contribution in [2.45, 2.75) is 0 Å². The van der Waals surface area contributed by atoms with Crippen molar-refractivity contribution in [3.05, 3.63) is 78.4 Å². The molecule has 0 aromatic heterocycles. The van der Waals surface area contributed by atoms with E-state index in [9.17, 15) is 4.79 Å². The van der Waals surface area contributed by atoms with Crippen LogP contribution in [-0.4, -0.2) is 46.7 Å². The fourth-order valence-electron chi connectivity index (χ4n) is 3.38. The number of methoxy groups -OCH3 is 2. The van der Waals surface area contributed by atoms with E-state index in [1.54, 1.807) is 38.5 Å². The first-order chi connectivity index (χ1) is 15.1. The molecule has 0 bridgehead atoms. The van der Waals surface area contributed by atoms with Crippen LogP contribution in [0.2, 0.25) is 0 Å². The summed E-state index contributed by atoms with van der Waals surface area (Å²) in [6.45, 7) is 4.10. The molecule has 1 saturated heterocycles. The standard InChI is InChI=1S/C17H21N3O.C8H8O2.H2/c1-21-17-8-6-16(7-9-17)20-12-10-19(11-13-20)15-4-2-14(18)3-5-15;1-10-8-4-2-7(6-9)3-5-8;/h2-9H,10-13,18H2,1H3;2-6H,1H3;1H. The largest absolute Gasteiger partial charge is 0.497 e. The lowest BCUT2D eigenvalue weighted by atomic mass is 10.2. The van der Waals surface area contributed by atoms with Crippen molar-refractivity contribution >= 4 is 23.3 Å². The highest BCUT2D eigenvalue weighted by atomic mass is 16.5. The Morgan fingerprint density at radius 1 is 0.710 bits per heavy atom. The number of nitrogens with zero attached hydrogens (tertiary/aromatic N) is 2. The van der Waals surface area contributed by atoms with Crippen LogP contribution in [0, 0.1) is 0 Å². The fourth-order valence-corrected chi connectivity index (χ4v) is 3.38. The van der Waals surface area contributed by atoms with Crippen molar-refractivity contribution in [2.75, 3.05) is 55.9 Å². The summed E-state index contributed by atoms with van der Waals surface area (Å²) in [6.07, 6.45) is 0.805. The second-order valence-corrected chi connectivity index (χ2v) is 7.15. The van der Waals surface area contributed by atoms with Crippen molar-refractivity contribution in [3.8, 4) is 11.5 Å². The predicted octanol–water partition coefficient (Wildman–Crippen LogP) is 4.36. The first-order valence-corrected chi connectivity index (χ1v) is 10.2. The average molecular weight is 422 g/mol. The van der Waals surface area contributed by atoms with Crippen LogP contribution in [0.5, 0.6) is 11.5 Å². The molecule has 0 unspecified atom stereocenters. The van der Waals surface area contributed by atoms with Gasteiger partial charge >= 0.3 is 0 Å². The number of hydrogen-bond acceptors (Lipinski definition) is 6. The molecule has 0 amide bonds. The minimum absolute atomic E-state index is 0. The third kappa shape index (κ3) is 6.15. The fraction of sp³-hybridized carbons (Fsp3) is 0.240. The summed E-state index contributed by atoms with van der Waals surface area (Å²) in [7, 11) is 3.29. The summed E-state index contributed by atoms with van der Waals surface area (Å²) in [5.41, 5.74) is 9.73. The highest BCUT2D eigenvalue weighted by Gasteiger charge is 2.17. The van der Waals surface area contributed by atoms with E-state index in [4.69, 9.17) is 15.2 Å². The van der Waals surface area contributed by atoms with Gasteiger partial charge in [-0.25, -0.2) is 0 Å². The van der Waals surface area contributed by atoms with Gasteiger partial charge in [-0.3, -0.25) is 4.79 Å². The van der Waals surface area contributed by atoms with E-state index >= 15 is 0 Å². The van der Waals surface area contributed by atoms with Crippen LogP contribution in [-0.2, 0) is 0 Å². The smallest absolute Gasteiger partial charge is 0.150 e. The second kappa shape index (κ2) is 10.9. The number of ether oxygens (including phenoxy) is 2. The summed E-state index contributed by atoms with van der Waals surface area (Å²) in [6, 6.07) is 23.3. The number of carbonyl (C=O) groups excluding carboxylic acids is 1. The molecular weight excluding hydrogens is 390 g/mol. The highest BCUT2D eigenvalue weighted by molar-refractivity contribution is 5.74. The van der Waals surface area contributed by atoms with Gasteiger partial charge in [0, 0.05) is 50.2 Å². The van der Waals surface area contributed by atoms with Crippen LogP contribution in [0.25, 0.3) is 0 Å².